The number of piperazine rings is 1. The van der Waals surface area contributed by atoms with Crippen molar-refractivity contribution in [2.45, 2.75) is 45.7 Å². The van der Waals surface area contributed by atoms with Gasteiger partial charge in [-0.2, -0.15) is 0 Å². The molecule has 0 spiro atoms. The van der Waals surface area contributed by atoms with Crippen LogP contribution >= 0.6 is 11.6 Å². The molecule has 0 unspecified atom stereocenters. The molecule has 3 rings (SSSR count). The summed E-state index contributed by atoms with van der Waals surface area (Å²) in [4.78, 5) is 26.1. The van der Waals surface area contributed by atoms with E-state index in [2.05, 4.69) is 24.5 Å². The highest BCUT2D eigenvalue weighted by atomic mass is 35.5. The summed E-state index contributed by atoms with van der Waals surface area (Å²) in [7, 11) is 0. The monoisotopic (exact) mass is 399 g/mol. The molecule has 1 saturated carbocycles. The van der Waals surface area contributed by atoms with E-state index in [0.29, 0.717) is 13.1 Å². The second-order valence-electron chi connectivity index (χ2n) is 8.18. The molecule has 1 saturated heterocycles. The van der Waals surface area contributed by atoms with Gasteiger partial charge < -0.3 is 15.5 Å². The van der Waals surface area contributed by atoms with Gasteiger partial charge in [0.15, 0.2) is 0 Å². The summed E-state index contributed by atoms with van der Waals surface area (Å²) in [6.45, 7) is 6.59. The van der Waals surface area contributed by atoms with Gasteiger partial charge in [0, 0.05) is 18.7 Å². The molecule has 2 fully saturated rings. The first-order chi connectivity index (χ1) is 12.6. The highest BCUT2D eigenvalue weighted by Gasteiger charge is 2.43. The highest BCUT2D eigenvalue weighted by Crippen LogP contribution is 2.50. The van der Waals surface area contributed by atoms with Gasteiger partial charge in [0.25, 0.3) is 0 Å². The number of carbonyl (C=O) groups excluding carboxylic acids is 2. The number of urea groups is 1. The standard InChI is InChI=1S/C19H24ClF2N3O2/c1-10-17(26)23-6-7-25(10)18(27)24-16(11-8-19(2,3)9-11)12-4-5-13(21)14(20)15(12)22/h4-5,10-11,16H,6-9H2,1-3H3,(H,23,26)(H,24,27)/t10-,16-/m1/s1. The summed E-state index contributed by atoms with van der Waals surface area (Å²) < 4.78 is 28.2. The molecule has 0 bridgehead atoms. The molecule has 1 aliphatic heterocycles. The van der Waals surface area contributed by atoms with Gasteiger partial charge >= 0.3 is 6.03 Å². The van der Waals surface area contributed by atoms with Crippen LogP contribution in [0.4, 0.5) is 13.6 Å². The number of benzene rings is 1. The van der Waals surface area contributed by atoms with E-state index in [1.165, 1.54) is 11.0 Å². The number of rotatable bonds is 3. The van der Waals surface area contributed by atoms with Crippen molar-refractivity contribution in [1.29, 1.82) is 0 Å². The van der Waals surface area contributed by atoms with Crippen LogP contribution in [0.3, 0.4) is 0 Å². The van der Waals surface area contributed by atoms with Crippen LogP contribution in [0, 0.1) is 23.0 Å². The zero-order valence-corrected chi connectivity index (χ0v) is 16.4. The second kappa shape index (κ2) is 7.26. The van der Waals surface area contributed by atoms with E-state index >= 15 is 0 Å². The molecule has 8 heteroatoms. The summed E-state index contributed by atoms with van der Waals surface area (Å²) in [5, 5.41) is 4.99. The number of nitrogens with one attached hydrogen (secondary N) is 2. The predicted octanol–water partition coefficient (Wildman–Crippen LogP) is 3.63. The lowest BCUT2D eigenvalue weighted by atomic mass is 9.61. The molecule has 148 valence electrons. The lowest BCUT2D eigenvalue weighted by Gasteiger charge is -2.47. The summed E-state index contributed by atoms with van der Waals surface area (Å²) in [6.07, 6.45) is 1.59. The Hall–Kier alpha value is -1.89. The van der Waals surface area contributed by atoms with Crippen molar-refractivity contribution < 1.29 is 18.4 Å². The molecule has 2 aliphatic rings. The summed E-state index contributed by atoms with van der Waals surface area (Å²) in [6, 6.07) is 0.756. The highest BCUT2D eigenvalue weighted by molar-refractivity contribution is 6.31. The van der Waals surface area contributed by atoms with Gasteiger partial charge in [-0.05, 0) is 37.2 Å². The Labute approximate surface area is 162 Å². The molecule has 1 heterocycles. The molecule has 1 aliphatic carbocycles. The van der Waals surface area contributed by atoms with Gasteiger partial charge in [-0.25, -0.2) is 13.6 Å². The smallest absolute Gasteiger partial charge is 0.318 e. The maximum atomic E-state index is 14.7. The minimum Gasteiger partial charge on any atom is -0.353 e. The summed E-state index contributed by atoms with van der Waals surface area (Å²) in [5.74, 6) is -1.91. The molecule has 0 aromatic heterocycles. The number of carbonyl (C=O) groups is 2. The SMILES string of the molecule is C[C@@H]1C(=O)NCCN1C(=O)N[C@@H](c1ccc(F)c(Cl)c1F)C1CC(C)(C)C1. The maximum Gasteiger partial charge on any atom is 0.318 e. The van der Waals surface area contributed by atoms with E-state index in [1.807, 2.05) is 0 Å². The third-order valence-corrected chi connectivity index (χ3v) is 5.89. The van der Waals surface area contributed by atoms with Crippen LogP contribution in [0.15, 0.2) is 12.1 Å². The van der Waals surface area contributed by atoms with Gasteiger partial charge in [-0.15, -0.1) is 0 Å². The van der Waals surface area contributed by atoms with Crippen molar-refractivity contribution in [1.82, 2.24) is 15.5 Å². The Kier molecular flexibility index (Phi) is 5.34. The topological polar surface area (TPSA) is 61.4 Å². The zero-order valence-electron chi connectivity index (χ0n) is 15.6. The van der Waals surface area contributed by atoms with E-state index in [0.717, 1.165) is 18.9 Å². The van der Waals surface area contributed by atoms with E-state index in [-0.39, 0.29) is 22.8 Å². The largest absolute Gasteiger partial charge is 0.353 e. The molecule has 5 nitrogen and oxygen atoms in total. The normalized spacial score (nSPS) is 23.4. The van der Waals surface area contributed by atoms with Crippen LogP contribution in [-0.2, 0) is 4.79 Å². The quantitative estimate of drug-likeness (QED) is 0.762. The van der Waals surface area contributed by atoms with Crippen LogP contribution in [0.2, 0.25) is 5.02 Å². The van der Waals surface area contributed by atoms with Crippen LogP contribution in [0.1, 0.15) is 45.2 Å². The number of hydrogen-bond acceptors (Lipinski definition) is 2. The van der Waals surface area contributed by atoms with Gasteiger partial charge in [0.2, 0.25) is 5.91 Å². The second-order valence-corrected chi connectivity index (χ2v) is 8.56. The minimum atomic E-state index is -0.851. The first kappa shape index (κ1) is 19.9. The van der Waals surface area contributed by atoms with Crippen LogP contribution < -0.4 is 10.6 Å². The van der Waals surface area contributed by atoms with Crippen LogP contribution in [0.25, 0.3) is 0 Å². The fraction of sp³-hybridized carbons (Fsp3) is 0.579. The number of hydrogen-bond donors (Lipinski definition) is 2. The van der Waals surface area contributed by atoms with Crippen molar-refractivity contribution in [2.75, 3.05) is 13.1 Å². The molecule has 2 N–H and O–H groups in total. The Bertz CT molecular complexity index is 764. The van der Waals surface area contributed by atoms with Crippen LogP contribution in [0.5, 0.6) is 0 Å². The molecule has 3 amide bonds. The fourth-order valence-corrected chi connectivity index (χ4v) is 4.27. The van der Waals surface area contributed by atoms with Gasteiger partial charge in [-0.3, -0.25) is 4.79 Å². The summed E-state index contributed by atoms with van der Waals surface area (Å²) >= 11 is 5.75. The van der Waals surface area contributed by atoms with Gasteiger partial charge in [0.05, 0.1) is 6.04 Å². The van der Waals surface area contributed by atoms with Crippen molar-refractivity contribution in [3.63, 3.8) is 0 Å². The lowest BCUT2D eigenvalue weighted by molar-refractivity contribution is -0.127. The fourth-order valence-electron chi connectivity index (χ4n) is 4.10. The van der Waals surface area contributed by atoms with E-state index in [4.69, 9.17) is 11.6 Å². The Morgan fingerprint density at radius 1 is 1.37 bits per heavy atom. The van der Waals surface area contributed by atoms with E-state index in [9.17, 15) is 18.4 Å². The maximum absolute atomic E-state index is 14.7. The van der Waals surface area contributed by atoms with E-state index < -0.39 is 34.8 Å². The third kappa shape index (κ3) is 3.88. The van der Waals surface area contributed by atoms with Crippen molar-refractivity contribution >= 4 is 23.5 Å². The lowest BCUT2D eigenvalue weighted by Crippen LogP contribution is -2.59. The molecule has 27 heavy (non-hydrogen) atoms. The van der Waals surface area contributed by atoms with Crippen LogP contribution in [-0.4, -0.2) is 36.0 Å². The third-order valence-electron chi connectivity index (χ3n) is 5.54. The Morgan fingerprint density at radius 2 is 2.04 bits per heavy atom. The molecule has 2 atom stereocenters. The molecule has 0 radical (unpaired) electrons. The summed E-state index contributed by atoms with van der Waals surface area (Å²) in [5.41, 5.74) is 0.274. The van der Waals surface area contributed by atoms with Crippen molar-refractivity contribution in [2.24, 2.45) is 11.3 Å². The van der Waals surface area contributed by atoms with Crippen molar-refractivity contribution in [3.05, 3.63) is 34.4 Å². The minimum absolute atomic E-state index is 0.00824. The molecule has 1 aromatic carbocycles. The first-order valence-corrected chi connectivity index (χ1v) is 9.47. The van der Waals surface area contributed by atoms with Gasteiger partial charge in [0.1, 0.15) is 22.7 Å². The number of amides is 3. The van der Waals surface area contributed by atoms with Gasteiger partial charge in [-0.1, -0.05) is 31.5 Å². The Balaban J connectivity index is 1.86. The zero-order chi connectivity index (χ0) is 19.9. The number of nitrogens with zero attached hydrogens (tertiary/aromatic N) is 1. The number of halogens is 3. The Morgan fingerprint density at radius 3 is 2.67 bits per heavy atom. The predicted molar refractivity (Wildman–Crippen MR) is 98.3 cm³/mol. The molecule has 1 aromatic rings. The average Bonchev–Trinajstić information content (AvgIpc) is 2.58. The molecular formula is C19H24ClF2N3O2. The first-order valence-electron chi connectivity index (χ1n) is 9.09. The van der Waals surface area contributed by atoms with Crippen molar-refractivity contribution in [3.8, 4) is 0 Å². The molecular weight excluding hydrogens is 376 g/mol. The average molecular weight is 400 g/mol. The van der Waals surface area contributed by atoms with E-state index in [1.54, 1.807) is 6.92 Å².